The van der Waals surface area contributed by atoms with Crippen LogP contribution in [-0.4, -0.2) is 23.5 Å². The molecule has 0 amide bonds. The third-order valence-electron chi connectivity index (χ3n) is 4.42. The van der Waals surface area contributed by atoms with Crippen LogP contribution in [0.15, 0.2) is 29.2 Å². The van der Waals surface area contributed by atoms with E-state index in [1.807, 2.05) is 11.8 Å². The molecule has 20 heavy (non-hydrogen) atoms. The van der Waals surface area contributed by atoms with E-state index in [0.717, 1.165) is 18.2 Å². The molecule has 1 aliphatic carbocycles. The fourth-order valence-electron chi connectivity index (χ4n) is 2.50. The van der Waals surface area contributed by atoms with Crippen LogP contribution in [0, 0.1) is 5.41 Å². The average molecular weight is 293 g/mol. The summed E-state index contributed by atoms with van der Waals surface area (Å²) in [5, 5.41) is 13.9. The van der Waals surface area contributed by atoms with Crippen molar-refractivity contribution in [3.63, 3.8) is 0 Å². The summed E-state index contributed by atoms with van der Waals surface area (Å²) in [5.41, 5.74) is 1.18. The van der Waals surface area contributed by atoms with E-state index in [-0.39, 0.29) is 12.0 Å². The molecule has 1 atom stereocenters. The molecule has 0 aliphatic heterocycles. The van der Waals surface area contributed by atoms with Crippen molar-refractivity contribution in [2.75, 3.05) is 18.5 Å². The maximum absolute atomic E-state index is 9.52. The molecule has 0 bridgehead atoms. The Morgan fingerprint density at radius 1 is 1.30 bits per heavy atom. The highest BCUT2D eigenvalue weighted by atomic mass is 32.2. The third-order valence-corrected chi connectivity index (χ3v) is 5.84. The van der Waals surface area contributed by atoms with Crippen LogP contribution in [-0.2, 0) is 0 Å². The van der Waals surface area contributed by atoms with Crippen molar-refractivity contribution in [1.82, 2.24) is 0 Å². The Balaban J connectivity index is 2.00. The van der Waals surface area contributed by atoms with E-state index in [0.29, 0.717) is 0 Å². The highest BCUT2D eigenvalue weighted by molar-refractivity contribution is 8.00. The molecule has 2 nitrogen and oxygen atoms in total. The van der Waals surface area contributed by atoms with Gasteiger partial charge in [0.15, 0.2) is 0 Å². The third kappa shape index (κ3) is 4.16. The van der Waals surface area contributed by atoms with Gasteiger partial charge in [-0.2, -0.15) is 0 Å². The van der Waals surface area contributed by atoms with Gasteiger partial charge in [-0.25, -0.2) is 0 Å². The van der Waals surface area contributed by atoms with Crippen LogP contribution in [0.25, 0.3) is 0 Å². The first-order valence-corrected chi connectivity index (χ1v) is 8.65. The average Bonchev–Trinajstić information content (AvgIpc) is 2.99. The van der Waals surface area contributed by atoms with Gasteiger partial charge in [-0.15, -0.1) is 11.8 Å². The van der Waals surface area contributed by atoms with Gasteiger partial charge in [0.2, 0.25) is 0 Å². The van der Waals surface area contributed by atoms with Crippen LogP contribution in [0.5, 0.6) is 0 Å². The molecule has 112 valence electrons. The summed E-state index contributed by atoms with van der Waals surface area (Å²) < 4.78 is 0. The molecule has 2 rings (SSSR count). The second-order valence-electron chi connectivity index (χ2n) is 6.20. The summed E-state index contributed by atoms with van der Waals surface area (Å²) in [6.07, 6.45) is 6.44. The SMILES string of the molecule is CCC(C)(CO)CNc1ccccc1SC1CCCC1. The number of aliphatic hydroxyl groups is 1. The van der Waals surface area contributed by atoms with E-state index in [1.165, 1.54) is 36.3 Å². The van der Waals surface area contributed by atoms with Crippen LogP contribution in [0.1, 0.15) is 46.0 Å². The van der Waals surface area contributed by atoms with Gasteiger partial charge >= 0.3 is 0 Å². The molecular weight excluding hydrogens is 266 g/mol. The van der Waals surface area contributed by atoms with Crippen molar-refractivity contribution in [2.24, 2.45) is 5.41 Å². The van der Waals surface area contributed by atoms with Gasteiger partial charge in [0.25, 0.3) is 0 Å². The second kappa shape index (κ2) is 7.37. The number of anilines is 1. The summed E-state index contributed by atoms with van der Waals surface area (Å²) in [6.45, 7) is 5.32. The van der Waals surface area contributed by atoms with Gasteiger partial charge in [0.05, 0.1) is 6.61 Å². The molecule has 1 aliphatic rings. The van der Waals surface area contributed by atoms with E-state index < -0.39 is 0 Å². The lowest BCUT2D eigenvalue weighted by molar-refractivity contribution is 0.149. The molecule has 0 radical (unpaired) electrons. The van der Waals surface area contributed by atoms with Crippen molar-refractivity contribution < 1.29 is 5.11 Å². The molecule has 0 spiro atoms. The smallest absolute Gasteiger partial charge is 0.0501 e. The number of benzene rings is 1. The number of hydrogen-bond acceptors (Lipinski definition) is 3. The fourth-order valence-corrected chi connectivity index (χ4v) is 3.85. The topological polar surface area (TPSA) is 32.3 Å². The summed E-state index contributed by atoms with van der Waals surface area (Å²) in [6, 6.07) is 8.58. The highest BCUT2D eigenvalue weighted by Crippen LogP contribution is 2.38. The van der Waals surface area contributed by atoms with E-state index >= 15 is 0 Å². The lowest BCUT2D eigenvalue weighted by atomic mass is 9.88. The van der Waals surface area contributed by atoms with Crippen LogP contribution >= 0.6 is 11.8 Å². The Labute approximate surface area is 127 Å². The zero-order chi connectivity index (χ0) is 14.4. The maximum atomic E-state index is 9.52. The minimum atomic E-state index is -0.0366. The predicted molar refractivity (Wildman–Crippen MR) is 88.5 cm³/mol. The first-order chi connectivity index (χ1) is 9.67. The molecule has 3 heteroatoms. The molecular formula is C17H27NOS. The minimum Gasteiger partial charge on any atom is -0.396 e. The van der Waals surface area contributed by atoms with E-state index in [9.17, 15) is 5.11 Å². The van der Waals surface area contributed by atoms with Gasteiger partial charge in [-0.1, -0.05) is 38.8 Å². The summed E-state index contributed by atoms with van der Waals surface area (Å²) >= 11 is 2.02. The van der Waals surface area contributed by atoms with Crippen molar-refractivity contribution in [3.05, 3.63) is 24.3 Å². The molecule has 1 aromatic carbocycles. The van der Waals surface area contributed by atoms with Gasteiger partial charge in [-0.3, -0.25) is 0 Å². The Kier molecular flexibility index (Phi) is 5.79. The van der Waals surface area contributed by atoms with Gasteiger partial charge in [0, 0.05) is 27.8 Å². The first-order valence-electron chi connectivity index (χ1n) is 7.77. The van der Waals surface area contributed by atoms with Gasteiger partial charge < -0.3 is 10.4 Å². The number of thioether (sulfide) groups is 1. The Morgan fingerprint density at radius 2 is 2.00 bits per heavy atom. The fraction of sp³-hybridized carbons (Fsp3) is 0.647. The number of aliphatic hydroxyl groups excluding tert-OH is 1. The monoisotopic (exact) mass is 293 g/mol. The zero-order valence-electron chi connectivity index (χ0n) is 12.7. The number of rotatable bonds is 7. The molecule has 0 saturated heterocycles. The molecule has 0 heterocycles. The van der Waals surface area contributed by atoms with E-state index in [4.69, 9.17) is 0 Å². The number of nitrogens with one attached hydrogen (secondary N) is 1. The molecule has 2 N–H and O–H groups in total. The van der Waals surface area contributed by atoms with Crippen molar-refractivity contribution >= 4 is 17.4 Å². The van der Waals surface area contributed by atoms with Crippen molar-refractivity contribution in [2.45, 2.75) is 56.1 Å². The van der Waals surface area contributed by atoms with Crippen LogP contribution < -0.4 is 5.32 Å². The van der Waals surface area contributed by atoms with Gasteiger partial charge in [-0.05, 0) is 31.4 Å². The van der Waals surface area contributed by atoms with Crippen molar-refractivity contribution in [1.29, 1.82) is 0 Å². The molecule has 1 aromatic rings. The Hall–Kier alpha value is -0.670. The van der Waals surface area contributed by atoms with Crippen molar-refractivity contribution in [3.8, 4) is 0 Å². The van der Waals surface area contributed by atoms with E-state index in [1.54, 1.807) is 0 Å². The largest absolute Gasteiger partial charge is 0.396 e. The first kappa shape index (κ1) is 15.7. The number of hydrogen-bond donors (Lipinski definition) is 2. The maximum Gasteiger partial charge on any atom is 0.0501 e. The van der Waals surface area contributed by atoms with Crippen LogP contribution in [0.2, 0.25) is 0 Å². The van der Waals surface area contributed by atoms with Crippen LogP contribution in [0.3, 0.4) is 0 Å². The Morgan fingerprint density at radius 3 is 2.65 bits per heavy atom. The Bertz CT molecular complexity index is 411. The number of para-hydroxylation sites is 1. The molecule has 1 saturated carbocycles. The molecule has 1 unspecified atom stereocenters. The van der Waals surface area contributed by atoms with Gasteiger partial charge in [0.1, 0.15) is 0 Å². The summed E-state index contributed by atoms with van der Waals surface area (Å²) in [5.74, 6) is 0. The second-order valence-corrected chi connectivity index (χ2v) is 7.54. The zero-order valence-corrected chi connectivity index (χ0v) is 13.5. The highest BCUT2D eigenvalue weighted by Gasteiger charge is 2.22. The standard InChI is InChI=1S/C17H27NOS/c1-3-17(2,13-19)12-18-15-10-6-7-11-16(15)20-14-8-4-5-9-14/h6-7,10-11,14,18-19H,3-5,8-9,12-13H2,1-2H3. The molecule has 1 fully saturated rings. The molecule has 0 aromatic heterocycles. The lowest BCUT2D eigenvalue weighted by Gasteiger charge is -2.27. The predicted octanol–water partition coefficient (Wildman–Crippen LogP) is 4.54. The van der Waals surface area contributed by atoms with Crippen LogP contribution in [0.4, 0.5) is 5.69 Å². The normalized spacial score (nSPS) is 18.9. The summed E-state index contributed by atoms with van der Waals surface area (Å²) in [4.78, 5) is 1.36. The minimum absolute atomic E-state index is 0.0366. The summed E-state index contributed by atoms with van der Waals surface area (Å²) in [7, 11) is 0. The lowest BCUT2D eigenvalue weighted by Crippen LogP contribution is -2.29. The van der Waals surface area contributed by atoms with E-state index in [2.05, 4.69) is 43.4 Å². The quantitative estimate of drug-likeness (QED) is 0.774.